The average molecular weight is 412 g/mol. The molecule has 1 amide bonds. The SMILES string of the molecule is O=C1c2ccc(F)cc2CC[C@@H]2CCC(c3nc(-c4ncc(F)cn4)cs3)CN12. The van der Waals surface area contributed by atoms with Gasteiger partial charge in [-0.25, -0.2) is 23.7 Å². The first-order chi connectivity index (χ1) is 14.1. The van der Waals surface area contributed by atoms with Crippen molar-refractivity contribution in [1.82, 2.24) is 19.9 Å². The van der Waals surface area contributed by atoms with Gasteiger partial charge in [-0.05, 0) is 49.4 Å². The highest BCUT2D eigenvalue weighted by molar-refractivity contribution is 7.10. The van der Waals surface area contributed by atoms with Crippen LogP contribution in [0.25, 0.3) is 11.5 Å². The molecule has 29 heavy (non-hydrogen) atoms. The number of hydrogen-bond donors (Lipinski definition) is 0. The number of aromatic nitrogens is 3. The summed E-state index contributed by atoms with van der Waals surface area (Å²) in [6.45, 7) is 0.595. The van der Waals surface area contributed by atoms with Crippen LogP contribution in [0.5, 0.6) is 0 Å². The van der Waals surface area contributed by atoms with E-state index in [-0.39, 0.29) is 23.7 Å². The lowest BCUT2D eigenvalue weighted by atomic mass is 9.91. The van der Waals surface area contributed by atoms with Crippen LogP contribution in [-0.4, -0.2) is 38.3 Å². The highest BCUT2D eigenvalue weighted by Crippen LogP contribution is 2.37. The van der Waals surface area contributed by atoms with E-state index in [0.717, 1.165) is 42.2 Å². The third kappa shape index (κ3) is 3.42. The molecule has 5 nitrogen and oxygen atoms in total. The Bertz CT molecular complexity index is 1070. The molecule has 1 fully saturated rings. The fraction of sp³-hybridized carbons (Fsp3) is 0.333. The van der Waals surface area contributed by atoms with Crippen molar-refractivity contribution in [2.75, 3.05) is 6.54 Å². The summed E-state index contributed by atoms with van der Waals surface area (Å²) in [7, 11) is 0. The number of hydrogen-bond acceptors (Lipinski definition) is 5. The molecule has 0 spiro atoms. The zero-order chi connectivity index (χ0) is 20.0. The molecule has 2 aliphatic heterocycles. The molecule has 0 bridgehead atoms. The van der Waals surface area contributed by atoms with Crippen LogP contribution >= 0.6 is 11.3 Å². The van der Waals surface area contributed by atoms with Crippen molar-refractivity contribution in [2.24, 2.45) is 0 Å². The molecule has 0 N–H and O–H groups in total. The lowest BCUT2D eigenvalue weighted by molar-refractivity contribution is 0.0588. The molecule has 8 heteroatoms. The maximum Gasteiger partial charge on any atom is 0.254 e. The monoisotopic (exact) mass is 412 g/mol. The van der Waals surface area contributed by atoms with Crippen molar-refractivity contribution in [2.45, 2.75) is 37.6 Å². The Balaban J connectivity index is 1.39. The van der Waals surface area contributed by atoms with Gasteiger partial charge in [0.25, 0.3) is 5.91 Å². The highest BCUT2D eigenvalue weighted by Gasteiger charge is 2.36. The van der Waals surface area contributed by atoms with Crippen LogP contribution in [0, 0.1) is 11.6 Å². The minimum atomic E-state index is -0.484. The van der Waals surface area contributed by atoms with E-state index in [9.17, 15) is 13.6 Å². The van der Waals surface area contributed by atoms with E-state index in [1.165, 1.54) is 23.5 Å². The Hall–Kier alpha value is -2.74. The molecule has 3 aromatic rings. The summed E-state index contributed by atoms with van der Waals surface area (Å²) in [5, 5.41) is 2.81. The van der Waals surface area contributed by atoms with Gasteiger partial charge in [0.15, 0.2) is 11.6 Å². The highest BCUT2D eigenvalue weighted by atomic mass is 32.1. The van der Waals surface area contributed by atoms with Gasteiger partial charge in [-0.15, -0.1) is 11.3 Å². The molecule has 1 saturated heterocycles. The second kappa shape index (κ2) is 7.26. The summed E-state index contributed by atoms with van der Waals surface area (Å²) in [5.41, 5.74) is 2.02. The lowest BCUT2D eigenvalue weighted by Gasteiger charge is -2.38. The molecular weight excluding hydrogens is 394 g/mol. The van der Waals surface area contributed by atoms with Gasteiger partial charge in [-0.2, -0.15) is 0 Å². The minimum absolute atomic E-state index is 0.0224. The number of carbonyl (C=O) groups is 1. The average Bonchev–Trinajstić information content (AvgIpc) is 3.18. The normalized spacial score (nSPS) is 21.4. The third-order valence-corrected chi connectivity index (χ3v) is 6.74. The summed E-state index contributed by atoms with van der Waals surface area (Å²) in [5.74, 6) is -0.276. The Labute approximate surface area is 170 Å². The van der Waals surface area contributed by atoms with Crippen LogP contribution in [-0.2, 0) is 6.42 Å². The van der Waals surface area contributed by atoms with Crippen LogP contribution in [0.1, 0.15) is 46.1 Å². The first kappa shape index (κ1) is 18.3. The van der Waals surface area contributed by atoms with Gasteiger partial charge in [-0.1, -0.05) is 0 Å². The Morgan fingerprint density at radius 1 is 1.07 bits per heavy atom. The molecule has 5 rings (SSSR count). The number of rotatable bonds is 2. The number of piperidine rings is 1. The van der Waals surface area contributed by atoms with Crippen molar-refractivity contribution in [1.29, 1.82) is 0 Å². The van der Waals surface area contributed by atoms with Gasteiger partial charge < -0.3 is 4.90 Å². The number of fused-ring (bicyclic) bond motifs is 2. The van der Waals surface area contributed by atoms with Gasteiger partial charge in [0.2, 0.25) is 0 Å². The van der Waals surface area contributed by atoms with Crippen LogP contribution in [0.4, 0.5) is 8.78 Å². The van der Waals surface area contributed by atoms with E-state index in [2.05, 4.69) is 15.0 Å². The first-order valence-corrected chi connectivity index (χ1v) is 10.5. The molecule has 2 aliphatic rings. The predicted molar refractivity (Wildman–Crippen MR) is 105 cm³/mol. The molecular formula is C21H18F2N4OS. The van der Waals surface area contributed by atoms with Crippen molar-refractivity contribution in [3.05, 3.63) is 63.7 Å². The van der Waals surface area contributed by atoms with E-state index in [1.54, 1.807) is 6.07 Å². The summed E-state index contributed by atoms with van der Waals surface area (Å²) >= 11 is 1.52. The van der Waals surface area contributed by atoms with Crippen LogP contribution in [0.2, 0.25) is 0 Å². The molecule has 1 unspecified atom stereocenters. The topological polar surface area (TPSA) is 59.0 Å². The van der Waals surface area contributed by atoms with Crippen LogP contribution in [0.3, 0.4) is 0 Å². The standard InChI is InChI=1S/C21H18F2N4OS/c22-14-3-6-17-12(7-14)1-4-16-5-2-13(10-27(16)21(17)28)20-26-18(11-29-20)19-24-8-15(23)9-25-19/h3,6-9,11,13,16H,1-2,4-5,10H2/t13?,16-/m1/s1. The Morgan fingerprint density at radius 2 is 1.90 bits per heavy atom. The molecule has 2 atom stereocenters. The number of benzene rings is 1. The zero-order valence-corrected chi connectivity index (χ0v) is 16.3. The molecule has 0 aliphatic carbocycles. The van der Waals surface area contributed by atoms with Gasteiger partial charge in [0.05, 0.1) is 17.4 Å². The number of nitrogens with zero attached hydrogens (tertiary/aromatic N) is 4. The van der Waals surface area contributed by atoms with Crippen molar-refractivity contribution < 1.29 is 13.6 Å². The van der Waals surface area contributed by atoms with Gasteiger partial charge in [0, 0.05) is 29.4 Å². The molecule has 4 heterocycles. The van der Waals surface area contributed by atoms with E-state index in [0.29, 0.717) is 30.0 Å². The predicted octanol–water partition coefficient (Wildman–Crippen LogP) is 4.21. The molecule has 0 radical (unpaired) electrons. The maximum absolute atomic E-state index is 13.6. The Kier molecular flexibility index (Phi) is 4.58. The summed E-state index contributed by atoms with van der Waals surface area (Å²) in [6.07, 6.45) is 5.66. The fourth-order valence-electron chi connectivity index (χ4n) is 4.25. The van der Waals surface area contributed by atoms with Gasteiger partial charge >= 0.3 is 0 Å². The minimum Gasteiger partial charge on any atom is -0.335 e. The molecule has 148 valence electrons. The summed E-state index contributed by atoms with van der Waals surface area (Å²) < 4.78 is 26.7. The van der Waals surface area contributed by atoms with E-state index < -0.39 is 5.82 Å². The van der Waals surface area contributed by atoms with Gasteiger partial charge in [0.1, 0.15) is 11.5 Å². The lowest BCUT2D eigenvalue weighted by Crippen LogP contribution is -2.45. The Morgan fingerprint density at radius 3 is 2.72 bits per heavy atom. The fourth-order valence-corrected chi connectivity index (χ4v) is 5.18. The molecule has 2 aromatic heterocycles. The van der Waals surface area contributed by atoms with Crippen LogP contribution < -0.4 is 0 Å². The van der Waals surface area contributed by atoms with Crippen molar-refractivity contribution >= 4 is 17.2 Å². The number of aryl methyl sites for hydroxylation is 1. The quantitative estimate of drug-likeness (QED) is 0.633. The van der Waals surface area contributed by atoms with E-state index in [1.807, 2.05) is 10.3 Å². The van der Waals surface area contributed by atoms with E-state index >= 15 is 0 Å². The second-order valence-electron chi connectivity index (χ2n) is 7.52. The second-order valence-corrected chi connectivity index (χ2v) is 8.41. The van der Waals surface area contributed by atoms with Crippen molar-refractivity contribution in [3.8, 4) is 11.5 Å². The zero-order valence-electron chi connectivity index (χ0n) is 15.5. The van der Waals surface area contributed by atoms with Crippen LogP contribution in [0.15, 0.2) is 36.0 Å². The summed E-state index contributed by atoms with van der Waals surface area (Å²) in [6, 6.07) is 4.62. The first-order valence-electron chi connectivity index (χ1n) is 9.61. The third-order valence-electron chi connectivity index (χ3n) is 5.73. The van der Waals surface area contributed by atoms with Crippen molar-refractivity contribution in [3.63, 3.8) is 0 Å². The smallest absolute Gasteiger partial charge is 0.254 e. The van der Waals surface area contributed by atoms with Gasteiger partial charge in [-0.3, -0.25) is 4.79 Å². The molecule has 1 aromatic carbocycles. The number of halogens is 2. The number of amides is 1. The number of carbonyl (C=O) groups excluding carboxylic acids is 1. The largest absolute Gasteiger partial charge is 0.335 e. The molecule has 0 saturated carbocycles. The summed E-state index contributed by atoms with van der Waals surface area (Å²) in [4.78, 5) is 27.7. The number of thiazole rings is 1. The maximum atomic E-state index is 13.6. The van der Waals surface area contributed by atoms with E-state index in [4.69, 9.17) is 0 Å².